The summed E-state index contributed by atoms with van der Waals surface area (Å²) in [4.78, 5) is 67.3. The monoisotopic (exact) mass is 994 g/mol. The van der Waals surface area contributed by atoms with E-state index in [4.69, 9.17) is 26.4 Å². The highest BCUT2D eigenvalue weighted by Gasteiger charge is 2.52. The van der Waals surface area contributed by atoms with E-state index in [0.29, 0.717) is 48.5 Å². The van der Waals surface area contributed by atoms with Gasteiger partial charge in [0.25, 0.3) is 5.91 Å². The number of carbonyl (C=O) groups excluding carboxylic acids is 4. The lowest BCUT2D eigenvalue weighted by Crippen LogP contribution is -2.58. The number of ether oxygens (including phenoxy) is 3. The number of hydrogen-bond acceptors (Lipinski definition) is 12. The molecule has 15 nitrogen and oxygen atoms in total. The summed E-state index contributed by atoms with van der Waals surface area (Å²) in [7, 11) is 0. The molecule has 4 aromatic rings. The first-order chi connectivity index (χ1) is 32.6. The van der Waals surface area contributed by atoms with Crippen LogP contribution in [0.2, 0.25) is 0 Å². The zero-order valence-electron chi connectivity index (χ0n) is 39.3. The van der Waals surface area contributed by atoms with Crippen molar-refractivity contribution >= 4 is 63.7 Å². The van der Waals surface area contributed by atoms with Crippen molar-refractivity contribution in [3.05, 3.63) is 87.9 Å². The van der Waals surface area contributed by atoms with Crippen molar-refractivity contribution in [2.45, 2.75) is 98.1 Å². The number of benzene rings is 2. The molecule has 2 aliphatic heterocycles. The van der Waals surface area contributed by atoms with Crippen LogP contribution in [0.5, 0.6) is 5.88 Å². The topological polar surface area (TPSA) is 179 Å². The summed E-state index contributed by atoms with van der Waals surface area (Å²) < 4.78 is 73.7. The highest BCUT2D eigenvalue weighted by molar-refractivity contribution is 7.81. The predicted octanol–water partition coefficient (Wildman–Crippen LogP) is 7.41. The molecule has 2 fully saturated rings. The highest BCUT2D eigenvalue weighted by atomic mass is 32.1. The molecule has 368 valence electrons. The van der Waals surface area contributed by atoms with Crippen LogP contribution < -0.4 is 25.2 Å². The van der Waals surface area contributed by atoms with Crippen molar-refractivity contribution in [2.75, 3.05) is 49.4 Å². The lowest BCUT2D eigenvalue weighted by Gasteiger charge is -2.35. The van der Waals surface area contributed by atoms with Crippen LogP contribution in [0.4, 0.5) is 28.9 Å². The fourth-order valence-corrected chi connectivity index (χ4v) is 9.38. The maximum Gasteiger partial charge on any atom is 0.420 e. The second kappa shape index (κ2) is 21.7. The van der Waals surface area contributed by atoms with E-state index in [2.05, 4.69) is 20.6 Å². The quantitative estimate of drug-likeness (QED) is 0.0574. The largest absolute Gasteiger partial charge is 0.478 e. The van der Waals surface area contributed by atoms with Crippen LogP contribution in [-0.4, -0.2) is 101 Å². The molecule has 4 heterocycles. The van der Waals surface area contributed by atoms with Gasteiger partial charge in [0.1, 0.15) is 29.8 Å². The molecule has 6 rings (SSSR count). The van der Waals surface area contributed by atoms with Crippen LogP contribution in [0.25, 0.3) is 10.4 Å². The van der Waals surface area contributed by atoms with E-state index < -0.39 is 63.7 Å². The molecule has 4 amide bonds. The minimum atomic E-state index is -5.20. The van der Waals surface area contributed by atoms with Crippen LogP contribution in [0.1, 0.15) is 81.8 Å². The van der Waals surface area contributed by atoms with Gasteiger partial charge in [-0.2, -0.15) is 18.4 Å². The number of nitriles is 1. The van der Waals surface area contributed by atoms with E-state index >= 15 is 4.39 Å². The second-order valence-corrected chi connectivity index (χ2v) is 19.4. The molecule has 0 saturated carbocycles. The third kappa shape index (κ3) is 11.9. The van der Waals surface area contributed by atoms with Crippen molar-refractivity contribution < 1.29 is 51.0 Å². The number of carbonyl (C=O) groups is 4. The molecule has 0 spiro atoms. The van der Waals surface area contributed by atoms with Crippen LogP contribution in [0, 0.1) is 36.4 Å². The molecule has 69 heavy (non-hydrogen) atoms. The van der Waals surface area contributed by atoms with E-state index in [-0.39, 0.29) is 55.8 Å². The van der Waals surface area contributed by atoms with Gasteiger partial charge in [-0.15, -0.1) is 11.3 Å². The van der Waals surface area contributed by atoms with Crippen LogP contribution in [0.15, 0.2) is 54.2 Å². The van der Waals surface area contributed by atoms with Crippen molar-refractivity contribution in [1.82, 2.24) is 25.5 Å². The molecule has 2 N–H and O–H groups in total. The number of nitrogens with zero attached hydrogens (tertiary/aromatic N) is 6. The number of rotatable bonds is 18. The maximum atomic E-state index is 15.4. The van der Waals surface area contributed by atoms with Crippen LogP contribution in [-0.2, 0) is 41.4 Å². The number of likely N-dealkylation sites (tertiary alicyclic amines) is 1. The number of nitrogens with one attached hydrogen (secondary N) is 2. The normalized spacial score (nSPS) is 16.4. The Morgan fingerprint density at radius 2 is 1.72 bits per heavy atom. The first kappa shape index (κ1) is 52.3. The molecule has 2 aromatic heterocycles. The molecular formula is C48H54F4N8O7S2. The van der Waals surface area contributed by atoms with Crippen molar-refractivity contribution in [1.29, 1.82) is 5.26 Å². The standard InChI is InChI=1S/C48H54F4N8O7S2/c1-28-22-37(54-25-35(28)60-45(68)59(44(64)47(60,6)7)33-16-15-32(23-53)38(39(33)49)48(50,51)52)67-19-9-18-65-20-21-66-26-36(61)57-41(46(3,4)5)43(63)58-17-8-10-34(58)42(62)55-24-30-11-13-31(14-12-30)40-29(2)56-27-69-40/h11-16,22,25,27,34,41H,8-10,17-21,24,26H2,1-7H3,(H,55,62)(H,57,61)/t34-,41+/m0/s1. The van der Waals surface area contributed by atoms with Gasteiger partial charge in [0.15, 0.2) is 10.9 Å². The third-order valence-corrected chi connectivity index (χ3v) is 13.0. The number of hydrogen-bond donors (Lipinski definition) is 2. The summed E-state index contributed by atoms with van der Waals surface area (Å²) in [5.41, 5.74) is 0.0723. The van der Waals surface area contributed by atoms with E-state index in [1.165, 1.54) is 31.0 Å². The van der Waals surface area contributed by atoms with Gasteiger partial charge in [-0.1, -0.05) is 45.0 Å². The Kier molecular flexibility index (Phi) is 16.4. The first-order valence-corrected chi connectivity index (χ1v) is 23.5. The summed E-state index contributed by atoms with van der Waals surface area (Å²) >= 11 is 7.11. The number of halogens is 4. The third-order valence-electron chi connectivity index (χ3n) is 11.7. The predicted molar refractivity (Wildman–Crippen MR) is 254 cm³/mol. The summed E-state index contributed by atoms with van der Waals surface area (Å²) in [6.07, 6.45) is -2.18. The van der Waals surface area contributed by atoms with E-state index in [1.807, 2.05) is 57.5 Å². The molecule has 2 atom stereocenters. The number of aryl methyl sites for hydroxylation is 2. The van der Waals surface area contributed by atoms with Crippen molar-refractivity contribution in [2.24, 2.45) is 5.41 Å². The molecule has 0 aliphatic carbocycles. The number of alkyl halides is 3. The molecule has 2 aliphatic rings. The van der Waals surface area contributed by atoms with Crippen molar-refractivity contribution in [3.8, 4) is 22.4 Å². The first-order valence-electron chi connectivity index (χ1n) is 22.2. The summed E-state index contributed by atoms with van der Waals surface area (Å²) in [5, 5.41) is 14.7. The number of amides is 4. The zero-order chi connectivity index (χ0) is 50.4. The molecule has 0 radical (unpaired) electrons. The Morgan fingerprint density at radius 1 is 1.01 bits per heavy atom. The molecule has 0 unspecified atom stereocenters. The molecule has 2 saturated heterocycles. The Balaban J connectivity index is 0.913. The SMILES string of the molecule is Cc1cc(OCCCOCCOCC(=O)N[C@H](C(=O)N2CCC[C@H]2C(=O)NCc2ccc(-c3scnc3C)cc2)C(C)(C)C)ncc1N1C(=S)N(c2ccc(C#N)c(C(F)(F)F)c2F)C(=O)C1(C)C. The average Bonchev–Trinajstić information content (AvgIpc) is 4.00. The van der Waals surface area contributed by atoms with Gasteiger partial charge in [0, 0.05) is 32.2 Å². The minimum absolute atomic E-state index is 0.0998. The minimum Gasteiger partial charge on any atom is -0.478 e. The Hall–Kier alpha value is -6.08. The lowest BCUT2D eigenvalue weighted by atomic mass is 9.85. The van der Waals surface area contributed by atoms with E-state index in [0.717, 1.165) is 33.8 Å². The number of aromatic nitrogens is 2. The number of anilines is 2. The zero-order valence-corrected chi connectivity index (χ0v) is 40.9. The number of pyridine rings is 1. The van der Waals surface area contributed by atoms with Gasteiger partial charge in [0.05, 0.1) is 65.1 Å². The molecular weight excluding hydrogens is 941 g/mol. The van der Waals surface area contributed by atoms with Gasteiger partial charge >= 0.3 is 6.18 Å². The van der Waals surface area contributed by atoms with Crippen LogP contribution in [0.3, 0.4) is 0 Å². The van der Waals surface area contributed by atoms with Gasteiger partial charge in [0.2, 0.25) is 23.6 Å². The lowest BCUT2D eigenvalue weighted by molar-refractivity contribution is -0.144. The Labute approximate surface area is 407 Å². The molecule has 21 heteroatoms. The Bertz CT molecular complexity index is 2610. The van der Waals surface area contributed by atoms with E-state index in [1.54, 1.807) is 29.2 Å². The Morgan fingerprint density at radius 3 is 2.36 bits per heavy atom. The highest BCUT2D eigenvalue weighted by Crippen LogP contribution is 2.43. The van der Waals surface area contributed by atoms with Gasteiger partial charge in [-0.3, -0.25) is 24.1 Å². The summed E-state index contributed by atoms with van der Waals surface area (Å²) in [6, 6.07) is 11.0. The summed E-state index contributed by atoms with van der Waals surface area (Å²) in [6.45, 7) is 13.3. The smallest absolute Gasteiger partial charge is 0.420 e. The summed E-state index contributed by atoms with van der Waals surface area (Å²) in [5.74, 6) is -3.41. The van der Waals surface area contributed by atoms with Crippen LogP contribution >= 0.6 is 23.6 Å². The molecule has 0 bridgehead atoms. The molecule has 2 aromatic carbocycles. The second-order valence-electron chi connectivity index (χ2n) is 18.2. The number of thiazole rings is 1. The fraction of sp³-hybridized carbons (Fsp3) is 0.458. The average molecular weight is 995 g/mol. The maximum absolute atomic E-state index is 15.4. The van der Waals surface area contributed by atoms with E-state index in [9.17, 15) is 37.6 Å². The van der Waals surface area contributed by atoms with Gasteiger partial charge in [-0.05, 0) is 87.0 Å². The van der Waals surface area contributed by atoms with Gasteiger partial charge in [-0.25, -0.2) is 14.4 Å². The van der Waals surface area contributed by atoms with Gasteiger partial charge < -0.3 is 34.6 Å². The fourth-order valence-electron chi connectivity index (χ4n) is 8.06. The number of thiocarbonyl (C=S) groups is 1. The van der Waals surface area contributed by atoms with Crippen molar-refractivity contribution in [3.63, 3.8) is 0 Å².